The summed E-state index contributed by atoms with van der Waals surface area (Å²) in [5, 5.41) is 19.5. The fraction of sp³-hybridized carbons (Fsp3) is 0.0556. The van der Waals surface area contributed by atoms with Gasteiger partial charge in [0.15, 0.2) is 11.6 Å². The number of halogens is 1. The smallest absolute Gasteiger partial charge is 0.338 e. The summed E-state index contributed by atoms with van der Waals surface area (Å²) in [5.41, 5.74) is 1.69. The number of ether oxygens (including phenoxy) is 1. The topological polar surface area (TPSA) is 99.0 Å². The third-order valence-electron chi connectivity index (χ3n) is 3.45. The van der Waals surface area contributed by atoms with Gasteiger partial charge in [-0.05, 0) is 36.4 Å². The number of aliphatic hydroxyl groups excluding tert-OH is 1. The Morgan fingerprint density at radius 3 is 2.64 bits per heavy atom. The van der Waals surface area contributed by atoms with Crippen LogP contribution in [0.15, 0.2) is 58.8 Å². The van der Waals surface area contributed by atoms with Crippen molar-refractivity contribution >= 4 is 38.5 Å². The Morgan fingerprint density at radius 1 is 1.24 bits per heavy atom. The van der Waals surface area contributed by atoms with E-state index in [4.69, 9.17) is 4.74 Å². The number of aliphatic hydroxyl groups is 1. The van der Waals surface area contributed by atoms with Gasteiger partial charge in [0, 0.05) is 4.47 Å². The van der Waals surface area contributed by atoms with Crippen molar-refractivity contribution in [2.24, 2.45) is 0 Å². The number of para-hydroxylation sites is 2. The highest BCUT2D eigenvalue weighted by atomic mass is 79.9. The summed E-state index contributed by atoms with van der Waals surface area (Å²) in [5.74, 6) is -0.742. The van der Waals surface area contributed by atoms with E-state index in [0.29, 0.717) is 11.1 Å². The standard InChI is InChI=1S/C18H12BrN3O3/c19-12-7-5-11(6-8-12)18(24)25-10-16(23)13(9-20)17-21-14-3-1-2-4-15(14)22-17/h1-8,23H,10H2,(H,21,22). The van der Waals surface area contributed by atoms with Crippen LogP contribution in [0.1, 0.15) is 16.2 Å². The number of hydrogen-bond donors (Lipinski definition) is 2. The van der Waals surface area contributed by atoms with E-state index in [2.05, 4.69) is 25.9 Å². The highest BCUT2D eigenvalue weighted by molar-refractivity contribution is 9.10. The minimum Gasteiger partial charge on any atom is -0.507 e. The number of rotatable bonds is 4. The lowest BCUT2D eigenvalue weighted by molar-refractivity contribution is 0.0503. The van der Waals surface area contributed by atoms with Crippen LogP contribution >= 0.6 is 15.9 Å². The quantitative estimate of drug-likeness (QED) is 0.394. The second-order valence-corrected chi connectivity index (χ2v) is 6.03. The predicted octanol–water partition coefficient (Wildman–Crippen LogP) is 3.98. The fourth-order valence-electron chi connectivity index (χ4n) is 2.20. The zero-order valence-corrected chi connectivity index (χ0v) is 14.4. The van der Waals surface area contributed by atoms with Gasteiger partial charge in [-0.1, -0.05) is 28.1 Å². The first-order valence-electron chi connectivity index (χ1n) is 7.28. The Morgan fingerprint density at radius 2 is 1.96 bits per heavy atom. The number of nitriles is 1. The summed E-state index contributed by atoms with van der Waals surface area (Å²) in [7, 11) is 0. The lowest BCUT2D eigenvalue weighted by atomic mass is 10.2. The number of carbonyl (C=O) groups excluding carboxylic acids is 1. The third-order valence-corrected chi connectivity index (χ3v) is 3.98. The highest BCUT2D eigenvalue weighted by Crippen LogP contribution is 2.19. The average molecular weight is 398 g/mol. The SMILES string of the molecule is N#CC(=C(O)COC(=O)c1ccc(Br)cc1)c1nc2ccccc2[nH]1. The molecule has 0 saturated heterocycles. The Balaban J connectivity index is 1.78. The van der Waals surface area contributed by atoms with Gasteiger partial charge in [0.25, 0.3) is 0 Å². The molecule has 25 heavy (non-hydrogen) atoms. The number of nitrogens with one attached hydrogen (secondary N) is 1. The molecule has 0 radical (unpaired) electrons. The molecular weight excluding hydrogens is 386 g/mol. The van der Waals surface area contributed by atoms with Gasteiger partial charge in [0.2, 0.25) is 0 Å². The van der Waals surface area contributed by atoms with Gasteiger partial charge in [-0.2, -0.15) is 5.26 Å². The zero-order valence-electron chi connectivity index (χ0n) is 12.9. The van der Waals surface area contributed by atoms with Crippen LogP contribution in [0.4, 0.5) is 0 Å². The van der Waals surface area contributed by atoms with Crippen LogP contribution in [0, 0.1) is 11.3 Å². The minimum absolute atomic E-state index is 0.0696. The number of hydrogen-bond acceptors (Lipinski definition) is 5. The van der Waals surface area contributed by atoms with Crippen molar-refractivity contribution < 1.29 is 14.6 Å². The number of carbonyl (C=O) groups is 1. The van der Waals surface area contributed by atoms with E-state index in [-0.39, 0.29) is 17.2 Å². The first kappa shape index (κ1) is 16.7. The van der Waals surface area contributed by atoms with E-state index in [9.17, 15) is 15.2 Å². The first-order valence-corrected chi connectivity index (χ1v) is 8.08. The number of H-pyrrole nitrogens is 1. The van der Waals surface area contributed by atoms with Crippen molar-refractivity contribution in [1.29, 1.82) is 5.26 Å². The van der Waals surface area contributed by atoms with Gasteiger partial charge in [-0.3, -0.25) is 0 Å². The summed E-state index contributed by atoms with van der Waals surface area (Å²) in [6.07, 6.45) is 0. The number of imidazole rings is 1. The molecule has 2 N–H and O–H groups in total. The lowest BCUT2D eigenvalue weighted by Crippen LogP contribution is -2.09. The predicted molar refractivity (Wildman–Crippen MR) is 95.7 cm³/mol. The Bertz CT molecular complexity index is 967. The third kappa shape index (κ3) is 3.70. The van der Waals surface area contributed by atoms with Crippen LogP contribution in [0.25, 0.3) is 16.6 Å². The maximum Gasteiger partial charge on any atom is 0.338 e. The van der Waals surface area contributed by atoms with Crippen LogP contribution < -0.4 is 0 Å². The number of allylic oxidation sites excluding steroid dienone is 1. The molecule has 124 valence electrons. The molecule has 6 nitrogen and oxygen atoms in total. The average Bonchev–Trinajstić information content (AvgIpc) is 3.04. The van der Waals surface area contributed by atoms with E-state index in [1.807, 2.05) is 24.3 Å². The van der Waals surface area contributed by atoms with Crippen molar-refractivity contribution in [3.05, 3.63) is 70.2 Å². The molecule has 3 rings (SSSR count). The van der Waals surface area contributed by atoms with Gasteiger partial charge in [0.05, 0.1) is 16.6 Å². The molecule has 7 heteroatoms. The van der Waals surface area contributed by atoms with Gasteiger partial charge in [0.1, 0.15) is 18.2 Å². The molecule has 3 aromatic rings. The normalized spacial score (nSPS) is 11.7. The van der Waals surface area contributed by atoms with Gasteiger partial charge >= 0.3 is 5.97 Å². The number of aromatic nitrogens is 2. The molecule has 2 aromatic carbocycles. The van der Waals surface area contributed by atoms with Crippen molar-refractivity contribution in [3.63, 3.8) is 0 Å². The molecule has 0 amide bonds. The van der Waals surface area contributed by atoms with Crippen LogP contribution in [-0.4, -0.2) is 27.7 Å². The van der Waals surface area contributed by atoms with Crippen molar-refractivity contribution in [2.45, 2.75) is 0 Å². The summed E-state index contributed by atoms with van der Waals surface area (Å²) < 4.78 is 5.89. The van der Waals surface area contributed by atoms with Crippen molar-refractivity contribution in [1.82, 2.24) is 9.97 Å². The van der Waals surface area contributed by atoms with Gasteiger partial charge in [-0.15, -0.1) is 0 Å². The lowest BCUT2D eigenvalue weighted by Gasteiger charge is -2.05. The molecule has 1 heterocycles. The number of fused-ring (bicyclic) bond motifs is 1. The molecule has 0 fully saturated rings. The summed E-state index contributed by atoms with van der Waals surface area (Å²) in [6, 6.07) is 15.8. The monoisotopic (exact) mass is 397 g/mol. The second-order valence-electron chi connectivity index (χ2n) is 5.12. The number of esters is 1. The zero-order chi connectivity index (χ0) is 17.8. The molecule has 0 aliphatic heterocycles. The van der Waals surface area contributed by atoms with Gasteiger partial charge < -0.3 is 14.8 Å². The molecule has 0 saturated carbocycles. The Hall–Kier alpha value is -3.11. The number of aromatic amines is 1. The van der Waals surface area contributed by atoms with Crippen molar-refractivity contribution in [2.75, 3.05) is 6.61 Å². The van der Waals surface area contributed by atoms with E-state index in [1.54, 1.807) is 30.3 Å². The molecule has 0 atom stereocenters. The molecule has 0 aliphatic carbocycles. The molecule has 0 aliphatic rings. The van der Waals surface area contributed by atoms with Crippen LogP contribution in [0.2, 0.25) is 0 Å². The largest absolute Gasteiger partial charge is 0.507 e. The van der Waals surface area contributed by atoms with E-state index >= 15 is 0 Å². The second kappa shape index (κ2) is 7.20. The first-order chi connectivity index (χ1) is 12.1. The van der Waals surface area contributed by atoms with Gasteiger partial charge in [-0.25, -0.2) is 9.78 Å². The summed E-state index contributed by atoms with van der Waals surface area (Å²) in [4.78, 5) is 19.2. The van der Waals surface area contributed by atoms with Crippen LogP contribution in [0.3, 0.4) is 0 Å². The summed E-state index contributed by atoms with van der Waals surface area (Å²) >= 11 is 3.28. The van der Waals surface area contributed by atoms with E-state index in [0.717, 1.165) is 9.99 Å². The molecular formula is C18H12BrN3O3. The molecule has 0 unspecified atom stereocenters. The Labute approximate surface area is 151 Å². The van der Waals surface area contributed by atoms with Crippen LogP contribution in [-0.2, 0) is 4.74 Å². The molecule has 1 aromatic heterocycles. The molecule has 0 bridgehead atoms. The molecule has 0 spiro atoms. The van der Waals surface area contributed by atoms with Crippen LogP contribution in [0.5, 0.6) is 0 Å². The van der Waals surface area contributed by atoms with Crippen molar-refractivity contribution in [3.8, 4) is 6.07 Å². The van der Waals surface area contributed by atoms with E-state index < -0.39 is 12.6 Å². The minimum atomic E-state index is -0.596. The summed E-state index contributed by atoms with van der Waals surface area (Å²) in [6.45, 7) is -0.422. The Kier molecular flexibility index (Phi) is 4.82. The number of nitrogens with zero attached hydrogens (tertiary/aromatic N) is 2. The fourth-order valence-corrected chi connectivity index (χ4v) is 2.47. The van der Waals surface area contributed by atoms with E-state index in [1.165, 1.54) is 0 Å². The number of benzene rings is 2. The maximum atomic E-state index is 12.0. The maximum absolute atomic E-state index is 12.0. The highest BCUT2D eigenvalue weighted by Gasteiger charge is 2.15.